The van der Waals surface area contributed by atoms with Gasteiger partial charge in [-0.25, -0.2) is 0 Å². The Morgan fingerprint density at radius 3 is 1.32 bits per heavy atom. The first-order chi connectivity index (χ1) is 13.7. The molecule has 0 heterocycles. The third kappa shape index (κ3) is 1.33. The summed E-state index contributed by atoms with van der Waals surface area (Å²) in [6, 6.07) is 32.0. The van der Waals surface area contributed by atoms with E-state index in [1.165, 1.54) is 55.6 Å². The van der Waals surface area contributed by atoms with Gasteiger partial charge in [0.2, 0.25) is 0 Å². The number of fused-ring (bicyclic) bond motifs is 7. The van der Waals surface area contributed by atoms with Gasteiger partial charge >= 0.3 is 0 Å². The van der Waals surface area contributed by atoms with Gasteiger partial charge in [-0.3, -0.25) is 0 Å². The molecular weight excluding hydrogens is 336 g/mol. The van der Waals surface area contributed by atoms with Crippen LogP contribution in [-0.4, -0.2) is 0 Å². The minimum Gasteiger partial charge on any atom is -0.0619 e. The molecule has 0 nitrogen and oxygen atoms in total. The smallest absolute Gasteiger partial charge is 0.0619 e. The molecule has 0 radical (unpaired) electrons. The molecule has 0 saturated carbocycles. The molecule has 7 rings (SSSR count). The molecule has 0 saturated heterocycles. The summed E-state index contributed by atoms with van der Waals surface area (Å²) in [4.78, 5) is 0. The summed E-state index contributed by atoms with van der Waals surface area (Å²) in [5.74, 6) is 0. The molecule has 0 amide bonds. The summed E-state index contributed by atoms with van der Waals surface area (Å²) in [5.41, 5.74) is 14.4. The zero-order valence-electron chi connectivity index (χ0n) is 16.1. The van der Waals surface area contributed by atoms with Crippen LogP contribution in [0.5, 0.6) is 0 Å². The van der Waals surface area contributed by atoms with E-state index in [4.69, 9.17) is 0 Å². The van der Waals surface area contributed by atoms with Crippen LogP contribution in [0.4, 0.5) is 0 Å². The molecule has 0 bridgehead atoms. The number of hydrogen-bond donors (Lipinski definition) is 0. The van der Waals surface area contributed by atoms with Gasteiger partial charge in [-0.2, -0.15) is 0 Å². The molecular formula is C28H20. The van der Waals surface area contributed by atoms with Crippen LogP contribution < -0.4 is 0 Å². The van der Waals surface area contributed by atoms with Crippen molar-refractivity contribution >= 4 is 0 Å². The van der Waals surface area contributed by atoms with Crippen molar-refractivity contribution in [2.45, 2.75) is 24.7 Å². The second-order valence-electron chi connectivity index (χ2n) is 8.92. The molecule has 0 atom stereocenters. The van der Waals surface area contributed by atoms with Crippen molar-refractivity contribution in [3.05, 3.63) is 118 Å². The van der Waals surface area contributed by atoms with Crippen molar-refractivity contribution in [3.63, 3.8) is 0 Å². The first-order valence-electron chi connectivity index (χ1n) is 10.1. The maximum atomic E-state index is 2.38. The molecule has 132 valence electrons. The van der Waals surface area contributed by atoms with Crippen molar-refractivity contribution in [2.75, 3.05) is 0 Å². The van der Waals surface area contributed by atoms with E-state index in [1.807, 2.05) is 0 Å². The Morgan fingerprint density at radius 1 is 0.429 bits per heavy atom. The second-order valence-corrected chi connectivity index (χ2v) is 8.92. The van der Waals surface area contributed by atoms with Crippen LogP contribution in [0.15, 0.2) is 84.9 Å². The predicted molar refractivity (Wildman–Crippen MR) is 115 cm³/mol. The largest absolute Gasteiger partial charge is 0.0725 e. The average Bonchev–Trinajstić information content (AvgIpc) is 3.29. The monoisotopic (exact) mass is 356 g/mol. The van der Waals surface area contributed by atoms with Crippen LogP contribution in [-0.2, 0) is 10.8 Å². The van der Waals surface area contributed by atoms with Crippen LogP contribution in [0.1, 0.15) is 47.2 Å². The fourth-order valence-electron chi connectivity index (χ4n) is 6.42. The highest BCUT2D eigenvalue weighted by Crippen LogP contribution is 2.67. The maximum Gasteiger partial charge on any atom is 0.0725 e. The molecule has 3 aliphatic carbocycles. The molecule has 0 heteroatoms. The minimum absolute atomic E-state index is 0.0654. The Kier molecular flexibility index (Phi) is 2.38. The quantitative estimate of drug-likeness (QED) is 0.285. The van der Waals surface area contributed by atoms with Gasteiger partial charge in [-0.05, 0) is 55.6 Å². The van der Waals surface area contributed by atoms with Crippen LogP contribution >= 0.6 is 0 Å². The molecule has 0 aromatic heterocycles. The van der Waals surface area contributed by atoms with Crippen molar-refractivity contribution < 1.29 is 0 Å². The highest BCUT2D eigenvalue weighted by atomic mass is 14.6. The Hall–Kier alpha value is -3.12. The van der Waals surface area contributed by atoms with Crippen molar-refractivity contribution in [1.29, 1.82) is 0 Å². The van der Waals surface area contributed by atoms with E-state index in [9.17, 15) is 0 Å². The third-order valence-electron chi connectivity index (χ3n) is 7.49. The SMILES string of the molecule is CC1(C)c2cccc3c2-c2c1cccc2C31c2ccccc2-c2ccccc21. The normalized spacial score (nSPS) is 17.5. The molecule has 4 aromatic rings. The highest BCUT2D eigenvalue weighted by Gasteiger charge is 2.55. The lowest BCUT2D eigenvalue weighted by Crippen LogP contribution is -2.27. The van der Waals surface area contributed by atoms with Crippen LogP contribution in [0.2, 0.25) is 0 Å². The Balaban J connectivity index is 1.76. The molecule has 0 N–H and O–H groups in total. The Morgan fingerprint density at radius 2 is 0.821 bits per heavy atom. The van der Waals surface area contributed by atoms with E-state index >= 15 is 0 Å². The molecule has 0 aliphatic heterocycles. The lowest BCUT2D eigenvalue weighted by atomic mass is 9.68. The van der Waals surface area contributed by atoms with Gasteiger partial charge in [0.1, 0.15) is 0 Å². The Labute approximate surface area is 165 Å². The Bertz CT molecular complexity index is 1230. The van der Waals surface area contributed by atoms with Gasteiger partial charge in [0, 0.05) is 5.41 Å². The summed E-state index contributed by atoms with van der Waals surface area (Å²) in [6.45, 7) is 4.75. The summed E-state index contributed by atoms with van der Waals surface area (Å²) in [5, 5.41) is 0. The van der Waals surface area contributed by atoms with Gasteiger partial charge < -0.3 is 0 Å². The molecule has 0 fully saturated rings. The van der Waals surface area contributed by atoms with Crippen molar-refractivity contribution in [2.24, 2.45) is 0 Å². The lowest BCUT2D eigenvalue weighted by Gasteiger charge is -2.33. The maximum absolute atomic E-state index is 2.38. The van der Waals surface area contributed by atoms with Crippen LogP contribution in [0, 0.1) is 0 Å². The summed E-state index contributed by atoms with van der Waals surface area (Å²) in [7, 11) is 0. The van der Waals surface area contributed by atoms with Gasteiger partial charge in [0.05, 0.1) is 5.41 Å². The zero-order chi connectivity index (χ0) is 18.7. The first kappa shape index (κ1) is 14.9. The fourth-order valence-corrected chi connectivity index (χ4v) is 6.42. The van der Waals surface area contributed by atoms with Crippen molar-refractivity contribution in [3.8, 4) is 22.3 Å². The fraction of sp³-hybridized carbons (Fsp3) is 0.143. The molecule has 1 spiro atoms. The predicted octanol–water partition coefficient (Wildman–Crippen LogP) is 6.67. The zero-order valence-corrected chi connectivity index (χ0v) is 16.1. The van der Waals surface area contributed by atoms with E-state index in [0.717, 1.165) is 0 Å². The van der Waals surface area contributed by atoms with E-state index in [-0.39, 0.29) is 10.8 Å². The summed E-state index contributed by atoms with van der Waals surface area (Å²) < 4.78 is 0. The summed E-state index contributed by atoms with van der Waals surface area (Å²) >= 11 is 0. The average molecular weight is 356 g/mol. The topological polar surface area (TPSA) is 0 Å². The lowest BCUT2D eigenvalue weighted by molar-refractivity contribution is 0.653. The van der Waals surface area contributed by atoms with Gasteiger partial charge in [0.25, 0.3) is 0 Å². The molecule has 28 heavy (non-hydrogen) atoms. The van der Waals surface area contributed by atoms with E-state index in [0.29, 0.717) is 0 Å². The number of hydrogen-bond acceptors (Lipinski definition) is 0. The molecule has 0 unspecified atom stereocenters. The third-order valence-corrected chi connectivity index (χ3v) is 7.49. The molecule has 4 aromatic carbocycles. The first-order valence-corrected chi connectivity index (χ1v) is 10.1. The van der Waals surface area contributed by atoms with Crippen LogP contribution in [0.25, 0.3) is 22.3 Å². The van der Waals surface area contributed by atoms with Gasteiger partial charge in [0.15, 0.2) is 0 Å². The van der Waals surface area contributed by atoms with Crippen molar-refractivity contribution in [1.82, 2.24) is 0 Å². The van der Waals surface area contributed by atoms with Crippen LogP contribution in [0.3, 0.4) is 0 Å². The number of rotatable bonds is 0. The standard InChI is InChI=1S/C28H20/c1-27(2)21-13-7-15-23-25(21)26-22(27)14-8-16-24(26)28(23)19-11-5-3-9-17(19)18-10-4-6-12-20(18)28/h3-16H,1-2H3. The van der Waals surface area contributed by atoms with Gasteiger partial charge in [-0.15, -0.1) is 0 Å². The van der Waals surface area contributed by atoms with E-state index < -0.39 is 0 Å². The minimum atomic E-state index is -0.180. The molecule has 3 aliphatic rings. The summed E-state index contributed by atoms with van der Waals surface area (Å²) in [6.07, 6.45) is 0. The highest BCUT2D eigenvalue weighted by molar-refractivity contribution is 5.99. The van der Waals surface area contributed by atoms with Gasteiger partial charge in [-0.1, -0.05) is 98.8 Å². The number of benzene rings is 4. The van der Waals surface area contributed by atoms with E-state index in [1.54, 1.807) is 0 Å². The van der Waals surface area contributed by atoms with E-state index in [2.05, 4.69) is 98.8 Å². The second kappa shape index (κ2) is 4.47.